The van der Waals surface area contributed by atoms with E-state index in [0.717, 1.165) is 5.56 Å². The van der Waals surface area contributed by atoms with E-state index in [-0.39, 0.29) is 17.4 Å². The van der Waals surface area contributed by atoms with Gasteiger partial charge in [0.1, 0.15) is 11.6 Å². The summed E-state index contributed by atoms with van der Waals surface area (Å²) in [6.07, 6.45) is 5.32. The number of nitrogens with one attached hydrogen (secondary N) is 2. The average molecular weight is 508 g/mol. The fourth-order valence-corrected chi connectivity index (χ4v) is 4.91. The summed E-state index contributed by atoms with van der Waals surface area (Å²) in [6, 6.07) is 7.56. The van der Waals surface area contributed by atoms with Gasteiger partial charge in [-0.1, -0.05) is 29.0 Å². The first kappa shape index (κ1) is 23.1. The summed E-state index contributed by atoms with van der Waals surface area (Å²) in [7, 11) is 1.58. The third kappa shape index (κ3) is 4.52. The minimum atomic E-state index is -0.381. The van der Waals surface area contributed by atoms with Gasteiger partial charge in [-0.25, -0.2) is 9.97 Å². The van der Waals surface area contributed by atoms with Crippen LogP contribution in [0.2, 0.25) is 5.02 Å². The van der Waals surface area contributed by atoms with Crippen LogP contribution in [0.15, 0.2) is 42.2 Å². The number of carbonyl (C=O) groups excluding carboxylic acids is 1. The summed E-state index contributed by atoms with van der Waals surface area (Å²) in [4.78, 5) is 29.4. The Kier molecular flexibility index (Phi) is 5.83. The summed E-state index contributed by atoms with van der Waals surface area (Å²) >= 11 is 7.52. The minimum Gasteiger partial charge on any atom is -0.496 e. The Morgan fingerprint density at radius 2 is 2.17 bits per heavy atom. The second-order valence-electron chi connectivity index (χ2n) is 8.89. The van der Waals surface area contributed by atoms with Gasteiger partial charge in [-0.2, -0.15) is 10.2 Å². The molecular weight excluding hydrogens is 486 g/mol. The molecule has 1 saturated heterocycles. The molecule has 1 fully saturated rings. The Balaban J connectivity index is 1.41. The average Bonchev–Trinajstić information content (AvgIpc) is 3.19. The van der Waals surface area contributed by atoms with E-state index in [9.17, 15) is 4.79 Å². The van der Waals surface area contributed by atoms with Crippen LogP contribution in [0.3, 0.4) is 0 Å². The van der Waals surface area contributed by atoms with Crippen molar-refractivity contribution in [2.75, 3.05) is 30.4 Å². The maximum atomic E-state index is 13.4. The predicted molar refractivity (Wildman–Crippen MR) is 136 cm³/mol. The summed E-state index contributed by atoms with van der Waals surface area (Å²) < 4.78 is 5.54. The number of fused-ring (bicyclic) bond motifs is 1. The van der Waals surface area contributed by atoms with Crippen molar-refractivity contribution >= 4 is 55.8 Å². The maximum absolute atomic E-state index is 13.4. The molecule has 3 aromatic rings. The Hall–Kier alpha value is -3.68. The molecule has 0 bridgehead atoms. The van der Waals surface area contributed by atoms with Crippen LogP contribution >= 0.6 is 22.9 Å². The van der Waals surface area contributed by atoms with E-state index in [2.05, 4.69) is 31.7 Å². The van der Waals surface area contributed by atoms with Gasteiger partial charge in [0, 0.05) is 29.9 Å². The molecule has 2 aromatic heterocycles. The SMILES string of the molecule is COc1ccc(Cl)cc1C1=CC(C)(C)NC=C1C(=O)Nc1nc2ncc(N3CC(C#N)C3)nc2s1. The van der Waals surface area contributed by atoms with E-state index in [1.807, 2.05) is 24.8 Å². The van der Waals surface area contributed by atoms with E-state index in [4.69, 9.17) is 21.6 Å². The Labute approximate surface area is 211 Å². The predicted octanol–water partition coefficient (Wildman–Crippen LogP) is 4.00. The van der Waals surface area contributed by atoms with Crippen molar-refractivity contribution in [1.82, 2.24) is 20.3 Å². The van der Waals surface area contributed by atoms with Crippen LogP contribution in [0.4, 0.5) is 10.9 Å². The van der Waals surface area contributed by atoms with Crippen LogP contribution in [-0.2, 0) is 4.79 Å². The van der Waals surface area contributed by atoms with Crippen molar-refractivity contribution in [1.29, 1.82) is 5.26 Å². The van der Waals surface area contributed by atoms with Crippen LogP contribution in [0.5, 0.6) is 5.75 Å². The number of hydrogen-bond acceptors (Lipinski definition) is 9. The number of rotatable bonds is 5. The second-order valence-corrected chi connectivity index (χ2v) is 10.3. The van der Waals surface area contributed by atoms with Crippen LogP contribution in [0, 0.1) is 17.2 Å². The summed E-state index contributed by atoms with van der Waals surface area (Å²) in [5.41, 5.74) is 1.92. The number of nitrogens with zero attached hydrogens (tertiary/aromatic N) is 5. The number of benzene rings is 1. The zero-order valence-corrected chi connectivity index (χ0v) is 20.9. The number of dihydropyridines is 1. The van der Waals surface area contributed by atoms with Gasteiger partial charge in [0.05, 0.1) is 36.4 Å². The Morgan fingerprint density at radius 1 is 1.37 bits per heavy atom. The number of methoxy groups -OCH3 is 1. The molecule has 35 heavy (non-hydrogen) atoms. The highest BCUT2D eigenvalue weighted by atomic mass is 35.5. The molecule has 0 radical (unpaired) electrons. The number of aromatic nitrogens is 3. The number of halogens is 1. The van der Waals surface area contributed by atoms with E-state index < -0.39 is 0 Å². The van der Waals surface area contributed by atoms with Gasteiger partial charge in [0.2, 0.25) is 0 Å². The van der Waals surface area contributed by atoms with Gasteiger partial charge in [-0.05, 0) is 37.6 Å². The second kappa shape index (κ2) is 8.83. The van der Waals surface area contributed by atoms with Crippen molar-refractivity contribution in [3.8, 4) is 11.8 Å². The quantitative estimate of drug-likeness (QED) is 0.532. The van der Waals surface area contributed by atoms with Gasteiger partial charge in [-0.3, -0.25) is 10.1 Å². The molecule has 1 aromatic carbocycles. The number of ether oxygens (including phenoxy) is 1. The minimum absolute atomic E-state index is 0.0199. The molecular formula is C24H22ClN7O2S. The fraction of sp³-hybridized carbons (Fsp3) is 0.292. The van der Waals surface area contributed by atoms with Gasteiger partial charge in [0.25, 0.3) is 5.91 Å². The standard InChI is InChI=1S/C24H22ClN7O2S/c1-24(2)7-16(15-6-14(25)4-5-18(15)34-3)17(9-28-24)21(33)31-23-30-20-22(35-23)29-19(10-27-20)32-11-13(8-26)12-32/h4-7,9-10,13,28H,11-12H2,1-3H3,(H,27,30,31,33). The monoisotopic (exact) mass is 507 g/mol. The van der Waals surface area contributed by atoms with Crippen LogP contribution in [-0.4, -0.2) is 46.6 Å². The van der Waals surface area contributed by atoms with Gasteiger partial charge < -0.3 is 15.0 Å². The summed E-state index contributed by atoms with van der Waals surface area (Å²) in [6.45, 7) is 5.29. The summed E-state index contributed by atoms with van der Waals surface area (Å²) in [5.74, 6) is 1.000. The van der Waals surface area contributed by atoms with Gasteiger partial charge >= 0.3 is 0 Å². The van der Waals surface area contributed by atoms with Crippen LogP contribution < -0.4 is 20.3 Å². The van der Waals surface area contributed by atoms with E-state index in [0.29, 0.717) is 56.4 Å². The van der Waals surface area contributed by atoms with E-state index >= 15 is 0 Å². The van der Waals surface area contributed by atoms with Crippen molar-refractivity contribution in [3.05, 3.63) is 52.8 Å². The molecule has 0 unspecified atom stereocenters. The smallest absolute Gasteiger partial charge is 0.259 e. The number of nitriles is 1. The topological polar surface area (TPSA) is 116 Å². The molecule has 1 amide bonds. The molecule has 5 rings (SSSR count). The van der Waals surface area contributed by atoms with Crippen molar-refractivity contribution in [3.63, 3.8) is 0 Å². The van der Waals surface area contributed by atoms with E-state index in [1.54, 1.807) is 37.7 Å². The molecule has 2 aliphatic rings. The molecule has 2 aliphatic heterocycles. The molecule has 178 valence electrons. The maximum Gasteiger partial charge on any atom is 0.259 e. The molecule has 0 spiro atoms. The van der Waals surface area contributed by atoms with Crippen molar-refractivity contribution in [2.24, 2.45) is 5.92 Å². The number of amides is 1. The molecule has 0 saturated carbocycles. The fourth-order valence-electron chi connectivity index (χ4n) is 3.95. The molecule has 4 heterocycles. The number of hydrogen-bond donors (Lipinski definition) is 2. The number of carbonyl (C=O) groups is 1. The highest BCUT2D eigenvalue weighted by molar-refractivity contribution is 7.21. The largest absolute Gasteiger partial charge is 0.496 e. The molecule has 9 nitrogen and oxygen atoms in total. The van der Waals surface area contributed by atoms with Crippen LogP contribution in [0.1, 0.15) is 19.4 Å². The lowest BCUT2D eigenvalue weighted by molar-refractivity contribution is -0.112. The highest BCUT2D eigenvalue weighted by Crippen LogP contribution is 2.37. The van der Waals surface area contributed by atoms with Gasteiger partial charge in [-0.15, -0.1) is 0 Å². The first-order valence-electron chi connectivity index (χ1n) is 10.9. The highest BCUT2D eigenvalue weighted by Gasteiger charge is 2.29. The summed E-state index contributed by atoms with van der Waals surface area (Å²) in [5, 5.41) is 16.1. The number of anilines is 2. The van der Waals surface area contributed by atoms with Crippen LogP contribution in [0.25, 0.3) is 16.1 Å². The normalized spacial score (nSPS) is 17.1. The zero-order chi connectivity index (χ0) is 24.7. The first-order valence-corrected chi connectivity index (χ1v) is 12.1. The Bertz CT molecular complexity index is 1430. The lowest BCUT2D eigenvalue weighted by atomic mass is 9.88. The van der Waals surface area contributed by atoms with Gasteiger partial charge in [0.15, 0.2) is 15.6 Å². The number of thiazole rings is 1. The zero-order valence-electron chi connectivity index (χ0n) is 19.3. The molecule has 0 aliphatic carbocycles. The third-order valence-electron chi connectivity index (χ3n) is 5.80. The molecule has 11 heteroatoms. The first-order chi connectivity index (χ1) is 16.8. The lowest BCUT2D eigenvalue weighted by Crippen LogP contribution is -2.46. The molecule has 2 N–H and O–H groups in total. The lowest BCUT2D eigenvalue weighted by Gasteiger charge is -2.35. The molecule has 0 atom stereocenters. The third-order valence-corrected chi connectivity index (χ3v) is 6.89. The van der Waals surface area contributed by atoms with Crippen molar-refractivity contribution in [2.45, 2.75) is 19.4 Å². The Morgan fingerprint density at radius 3 is 2.91 bits per heavy atom. The van der Waals surface area contributed by atoms with Crippen molar-refractivity contribution < 1.29 is 9.53 Å². The van der Waals surface area contributed by atoms with E-state index in [1.165, 1.54) is 11.3 Å².